The fraction of sp³-hybridized carbons (Fsp3) is 1.00. The maximum absolute atomic E-state index is 13.0. The smallest absolute Gasteiger partial charge is 0.806 e. The van der Waals surface area contributed by atoms with Crippen LogP contribution in [0.3, 0.4) is 0 Å². The Morgan fingerprint density at radius 1 is 0.533 bits per heavy atom. The Kier molecular flexibility index (Phi) is 11.1. The average Bonchev–Trinajstić information content (AvgIpc) is 2.44. The van der Waals surface area contributed by atoms with Crippen molar-refractivity contribution < 1.29 is 144 Å². The standard InChI is InChI=1S/C8H3F16O3P.2Na/c9-1(10)2(11,12)3(13,14)4(15,16)5(17,18)6(19,20)7(21,22)8(23,24)28(25,26)27;;/h1H,(H2,25,26,27);;/q;2*+1/p-2. The maximum atomic E-state index is 13.0. The van der Waals surface area contributed by atoms with E-state index < -0.39 is 55.2 Å². The number of halogens is 16. The van der Waals surface area contributed by atoms with Crippen LogP contribution in [-0.2, 0) is 4.57 Å². The van der Waals surface area contributed by atoms with Gasteiger partial charge in [-0.15, -0.1) is 0 Å². The van der Waals surface area contributed by atoms with Crippen LogP contribution in [-0.4, -0.2) is 47.6 Å². The molecule has 0 spiro atoms. The molecule has 0 aromatic carbocycles. The molecule has 0 aromatic rings. The van der Waals surface area contributed by atoms with E-state index in [9.17, 15) is 84.6 Å². The Hall–Kier alpha value is 1.03. The van der Waals surface area contributed by atoms with E-state index in [-0.39, 0.29) is 59.1 Å². The molecule has 0 heterocycles. The maximum Gasteiger partial charge on any atom is 1.00 e. The van der Waals surface area contributed by atoms with Crippen LogP contribution >= 0.6 is 7.60 Å². The second-order valence-corrected chi connectivity index (χ2v) is 6.39. The van der Waals surface area contributed by atoms with Crippen LogP contribution in [0.15, 0.2) is 0 Å². The summed E-state index contributed by atoms with van der Waals surface area (Å²) in [6.45, 7) is 0. The van der Waals surface area contributed by atoms with E-state index in [4.69, 9.17) is 0 Å². The second kappa shape index (κ2) is 9.35. The summed E-state index contributed by atoms with van der Waals surface area (Å²) < 4.78 is 213. The summed E-state index contributed by atoms with van der Waals surface area (Å²) in [6.07, 6.45) is -5.98. The molecule has 0 aromatic heterocycles. The Morgan fingerprint density at radius 3 is 1.00 bits per heavy atom. The third-order valence-electron chi connectivity index (χ3n) is 2.99. The van der Waals surface area contributed by atoms with Crippen LogP contribution in [0.4, 0.5) is 70.2 Å². The summed E-state index contributed by atoms with van der Waals surface area (Å²) in [4.78, 5) is 19.8. The van der Waals surface area contributed by atoms with Gasteiger partial charge in [0, 0.05) is 7.60 Å². The number of hydrogen-bond donors (Lipinski definition) is 0. The third kappa shape index (κ3) is 4.65. The Balaban J connectivity index is -0.00000364. The van der Waals surface area contributed by atoms with Gasteiger partial charge in [0.1, 0.15) is 0 Å². The minimum absolute atomic E-state index is 0. The van der Waals surface area contributed by atoms with Crippen molar-refractivity contribution >= 4 is 7.60 Å². The average molecular weight is 526 g/mol. The molecule has 0 unspecified atom stereocenters. The van der Waals surface area contributed by atoms with E-state index in [0.717, 1.165) is 0 Å². The van der Waals surface area contributed by atoms with Gasteiger partial charge in [-0.3, -0.25) is 0 Å². The van der Waals surface area contributed by atoms with E-state index in [1.54, 1.807) is 0 Å². The van der Waals surface area contributed by atoms with E-state index in [0.29, 0.717) is 0 Å². The molecule has 22 heteroatoms. The SMILES string of the molecule is O=P([O-])([O-])C(F)(F)C(F)(F)C(F)(F)C(F)(F)C(F)(F)C(F)(F)C(F)(F)C(F)F.[Na+].[Na+]. The first-order valence-corrected chi connectivity index (χ1v) is 7.18. The zero-order chi connectivity index (χ0) is 23.6. The van der Waals surface area contributed by atoms with Gasteiger partial charge in [-0.1, -0.05) is 0 Å². The minimum Gasteiger partial charge on any atom is -0.806 e. The van der Waals surface area contributed by atoms with Gasteiger partial charge in [-0.25, -0.2) is 8.78 Å². The summed E-state index contributed by atoms with van der Waals surface area (Å²) in [7, 11) is -8.39. The first-order valence-electron chi connectivity index (χ1n) is 5.64. The van der Waals surface area contributed by atoms with Crippen LogP contribution in [0.2, 0.25) is 0 Å². The van der Waals surface area contributed by atoms with Gasteiger partial charge in [-0.05, 0) is 0 Å². The molecule has 0 saturated carbocycles. The molecule has 0 aliphatic heterocycles. The molecule has 0 radical (unpaired) electrons. The van der Waals surface area contributed by atoms with Gasteiger partial charge in [-0.2, -0.15) is 61.5 Å². The molecule has 0 atom stereocenters. The van der Waals surface area contributed by atoms with Gasteiger partial charge in [0.25, 0.3) is 0 Å². The van der Waals surface area contributed by atoms with Crippen LogP contribution in [0.5, 0.6) is 0 Å². The fourth-order valence-corrected chi connectivity index (χ4v) is 1.78. The monoisotopic (exact) mass is 526 g/mol. The Morgan fingerprint density at radius 2 is 0.767 bits per heavy atom. The van der Waals surface area contributed by atoms with Crippen LogP contribution < -0.4 is 68.9 Å². The van der Waals surface area contributed by atoms with Gasteiger partial charge >= 0.3 is 107 Å². The predicted octanol–water partition coefficient (Wildman–Crippen LogP) is -2.42. The zero-order valence-electron chi connectivity index (χ0n) is 13.8. The molecule has 0 amide bonds. The first kappa shape index (κ1) is 35.6. The normalized spacial score (nSPS) is 15.6. The predicted molar refractivity (Wildman–Crippen MR) is 48.2 cm³/mol. The molecule has 0 bridgehead atoms. The summed E-state index contributed by atoms with van der Waals surface area (Å²) in [5.41, 5.74) is -7.84. The van der Waals surface area contributed by atoms with Gasteiger partial charge in [0.2, 0.25) is 0 Å². The van der Waals surface area contributed by atoms with Crippen molar-refractivity contribution in [1.82, 2.24) is 0 Å². The van der Waals surface area contributed by atoms with Gasteiger partial charge in [0.15, 0.2) is 0 Å². The molecule has 170 valence electrons. The molecule has 3 nitrogen and oxygen atoms in total. The van der Waals surface area contributed by atoms with E-state index in [1.807, 2.05) is 0 Å². The third-order valence-corrected chi connectivity index (χ3v) is 3.96. The van der Waals surface area contributed by atoms with Crippen molar-refractivity contribution in [3.8, 4) is 0 Å². The Labute approximate surface area is 198 Å². The molecule has 0 rings (SSSR count). The summed E-state index contributed by atoms with van der Waals surface area (Å²) in [5, 5.41) is 0. The summed E-state index contributed by atoms with van der Waals surface area (Å²) in [6, 6.07) is 0. The van der Waals surface area contributed by atoms with Crippen LogP contribution in [0, 0.1) is 0 Å². The molecule has 0 N–H and O–H groups in total. The van der Waals surface area contributed by atoms with Gasteiger partial charge < -0.3 is 14.4 Å². The molecular formula is C8HF16Na2O3P. The van der Waals surface area contributed by atoms with Crippen molar-refractivity contribution in [3.05, 3.63) is 0 Å². The fourth-order valence-electron chi connectivity index (χ4n) is 1.30. The molecule has 0 fully saturated rings. The second-order valence-electron chi connectivity index (χ2n) is 4.83. The molecule has 0 saturated heterocycles. The van der Waals surface area contributed by atoms with Crippen LogP contribution in [0.25, 0.3) is 0 Å². The molecular weight excluding hydrogens is 525 g/mol. The van der Waals surface area contributed by atoms with Gasteiger partial charge in [0.05, 0.1) is 0 Å². The Bertz CT molecular complexity index is 646. The summed E-state index contributed by atoms with van der Waals surface area (Å²) >= 11 is 0. The quantitative estimate of drug-likeness (QED) is 0.201. The zero-order valence-corrected chi connectivity index (χ0v) is 18.7. The first-order chi connectivity index (χ1) is 11.7. The van der Waals surface area contributed by atoms with Crippen molar-refractivity contribution in [3.63, 3.8) is 0 Å². The number of alkyl halides is 16. The van der Waals surface area contributed by atoms with Crippen molar-refractivity contribution in [2.24, 2.45) is 0 Å². The largest absolute Gasteiger partial charge is 1.00 e. The molecule has 0 aliphatic rings. The van der Waals surface area contributed by atoms with E-state index in [1.165, 1.54) is 0 Å². The summed E-state index contributed by atoms with van der Waals surface area (Å²) in [5.74, 6) is -50.3. The van der Waals surface area contributed by atoms with Crippen LogP contribution in [0.1, 0.15) is 0 Å². The number of rotatable bonds is 8. The number of hydrogen-bond acceptors (Lipinski definition) is 3. The molecule has 30 heavy (non-hydrogen) atoms. The van der Waals surface area contributed by atoms with E-state index >= 15 is 0 Å². The van der Waals surface area contributed by atoms with Crippen molar-refractivity contribution in [2.45, 2.75) is 47.6 Å². The topological polar surface area (TPSA) is 63.2 Å². The van der Waals surface area contributed by atoms with Crippen molar-refractivity contribution in [2.75, 3.05) is 0 Å². The minimum atomic E-state index is -8.73. The van der Waals surface area contributed by atoms with Crippen molar-refractivity contribution in [1.29, 1.82) is 0 Å². The van der Waals surface area contributed by atoms with E-state index in [2.05, 4.69) is 0 Å². The molecule has 0 aliphatic carbocycles.